The summed E-state index contributed by atoms with van der Waals surface area (Å²) in [4.78, 5) is 81.5. The number of esters is 7. The van der Waals surface area contributed by atoms with Crippen molar-refractivity contribution in [1.82, 2.24) is 0 Å². The van der Waals surface area contributed by atoms with E-state index in [1.807, 2.05) is 215 Å². The number of fused-ring (bicyclic) bond motifs is 18. The molecule has 20 atom stereocenters. The van der Waals surface area contributed by atoms with Crippen molar-refractivity contribution in [3.63, 3.8) is 0 Å². The molecular formula is C92H166O16. The molecule has 20 unspecified atom stereocenters. The molecule has 0 amide bonds. The maximum absolute atomic E-state index is 12.2. The van der Waals surface area contributed by atoms with Gasteiger partial charge in [-0.05, 0) is 350 Å². The van der Waals surface area contributed by atoms with Crippen molar-refractivity contribution in [2.24, 2.45) is 111 Å². The van der Waals surface area contributed by atoms with E-state index < -0.39 is 11.7 Å². The summed E-state index contributed by atoms with van der Waals surface area (Å²) in [6, 6.07) is 0. The van der Waals surface area contributed by atoms with E-state index >= 15 is 0 Å². The van der Waals surface area contributed by atoms with Gasteiger partial charge in [0.15, 0.2) is 12.6 Å². The highest BCUT2D eigenvalue weighted by Crippen LogP contribution is 2.69. The first kappa shape index (κ1) is 98.4. The highest BCUT2D eigenvalue weighted by Gasteiger charge is 2.64. The molecule has 630 valence electrons. The third-order valence-corrected chi connectivity index (χ3v) is 27.0. The molecule has 0 N–H and O–H groups in total. The van der Waals surface area contributed by atoms with E-state index in [0.29, 0.717) is 12.2 Å². The number of rotatable bonds is 26. The van der Waals surface area contributed by atoms with Gasteiger partial charge in [0.25, 0.3) is 0 Å². The van der Waals surface area contributed by atoms with Gasteiger partial charge in [-0.2, -0.15) is 0 Å². The predicted octanol–water partition coefficient (Wildman–Crippen LogP) is 23.2. The molecule has 9 rings (SSSR count). The number of ether oxygens (including phenoxy) is 9. The lowest BCUT2D eigenvalue weighted by Crippen LogP contribution is -2.39. The minimum Gasteiger partial charge on any atom is -0.460 e. The molecule has 108 heavy (non-hydrogen) atoms. The number of carbonyl (C=O) groups is 7. The SMILES string of the molecule is CCC(C)(C)C(=O)OC(C)(C)C.CCC(C)(C)C(=O)OC(C)OC1CC2CC1C1C3CCC(C3)C21.CCC(C)(C)OC(=O)C(C)(C)CC.CCC(C)C(=O)OC(C)(C)C.CCC(C)C(=O)OC(C)(C)CC.CCC(C)C(=O)OC(C)OC1CC2CC1C1C3CCC(C3)C21.CCC(C)C(=O)OC1(CC)CCCCC1. The lowest BCUT2D eigenvalue weighted by Gasteiger charge is -2.39. The van der Waals surface area contributed by atoms with Crippen molar-refractivity contribution in [2.45, 2.75) is 435 Å². The summed E-state index contributed by atoms with van der Waals surface area (Å²) in [7, 11) is 0. The number of hydrogen-bond donors (Lipinski definition) is 0. The van der Waals surface area contributed by atoms with Crippen molar-refractivity contribution in [3.8, 4) is 0 Å². The number of carbonyl (C=O) groups excluding carboxylic acids is 7. The van der Waals surface area contributed by atoms with Crippen LogP contribution in [0.15, 0.2) is 0 Å². The lowest BCUT2D eigenvalue weighted by atomic mass is 9.70. The normalized spacial score (nSPS) is 28.4. The van der Waals surface area contributed by atoms with Crippen molar-refractivity contribution in [3.05, 3.63) is 0 Å². The molecule has 16 nitrogen and oxygen atoms in total. The molecule has 0 aromatic rings. The van der Waals surface area contributed by atoms with Gasteiger partial charge in [-0.25, -0.2) is 0 Å². The summed E-state index contributed by atoms with van der Waals surface area (Å²) in [5, 5.41) is 0. The highest BCUT2D eigenvalue weighted by molar-refractivity contribution is 5.77. The van der Waals surface area contributed by atoms with E-state index in [0.717, 1.165) is 148 Å². The van der Waals surface area contributed by atoms with E-state index in [1.165, 1.54) is 83.5 Å². The molecule has 9 aliphatic carbocycles. The summed E-state index contributed by atoms with van der Waals surface area (Å²) in [6.45, 7) is 62.2. The van der Waals surface area contributed by atoms with Crippen LogP contribution in [0.2, 0.25) is 0 Å². The Hall–Kier alpha value is -3.79. The second-order valence-electron chi connectivity index (χ2n) is 39.6. The minimum absolute atomic E-state index is 0.00116. The van der Waals surface area contributed by atoms with E-state index in [1.54, 1.807) is 0 Å². The molecule has 9 fully saturated rings. The molecule has 0 heterocycles. The summed E-state index contributed by atoms with van der Waals surface area (Å²) >= 11 is 0. The fourth-order valence-corrected chi connectivity index (χ4v) is 17.3. The van der Waals surface area contributed by atoms with Crippen LogP contribution in [-0.2, 0) is 76.2 Å². The molecule has 0 saturated heterocycles. The molecule has 9 saturated carbocycles. The number of hydrogen-bond acceptors (Lipinski definition) is 16. The topological polar surface area (TPSA) is 203 Å². The van der Waals surface area contributed by atoms with E-state index in [2.05, 4.69) is 6.92 Å². The first-order valence-corrected chi connectivity index (χ1v) is 43.7. The Morgan fingerprint density at radius 1 is 0.343 bits per heavy atom. The maximum Gasteiger partial charge on any atom is 0.313 e. The Balaban J connectivity index is 0.000000335. The molecule has 0 radical (unpaired) electrons. The van der Waals surface area contributed by atoms with Crippen LogP contribution in [0.3, 0.4) is 0 Å². The fraction of sp³-hybridized carbons (Fsp3) is 0.924. The maximum atomic E-state index is 12.2. The summed E-state index contributed by atoms with van der Waals surface area (Å²) in [5.41, 5.74) is -2.60. The lowest BCUT2D eigenvalue weighted by molar-refractivity contribution is -0.202. The Morgan fingerprint density at radius 3 is 1.04 bits per heavy atom. The van der Waals surface area contributed by atoms with Gasteiger partial charge in [-0.15, -0.1) is 0 Å². The summed E-state index contributed by atoms with van der Waals surface area (Å²) in [6.07, 6.45) is 28.2. The molecule has 0 aromatic carbocycles. The molecule has 0 spiro atoms. The molecule has 0 aliphatic heterocycles. The zero-order chi connectivity index (χ0) is 82.6. The van der Waals surface area contributed by atoms with Gasteiger partial charge in [0, 0.05) is 0 Å². The van der Waals surface area contributed by atoms with E-state index in [9.17, 15) is 33.6 Å². The zero-order valence-electron chi connectivity index (χ0n) is 75.3. The van der Waals surface area contributed by atoms with Gasteiger partial charge in [-0.3, -0.25) is 33.6 Å². The van der Waals surface area contributed by atoms with Gasteiger partial charge in [-0.1, -0.05) is 103 Å². The van der Waals surface area contributed by atoms with Crippen LogP contribution in [0.25, 0.3) is 0 Å². The second-order valence-corrected chi connectivity index (χ2v) is 39.6. The quantitative estimate of drug-likeness (QED) is 0.0342. The van der Waals surface area contributed by atoms with Crippen LogP contribution in [0, 0.1) is 111 Å². The fourth-order valence-electron chi connectivity index (χ4n) is 17.3. The van der Waals surface area contributed by atoms with Gasteiger partial charge < -0.3 is 42.6 Å². The average molecular weight is 1530 g/mol. The Kier molecular flexibility index (Phi) is 38.8. The van der Waals surface area contributed by atoms with Crippen molar-refractivity contribution < 1.29 is 76.2 Å². The van der Waals surface area contributed by atoms with Crippen molar-refractivity contribution in [2.75, 3.05) is 0 Å². The Morgan fingerprint density at radius 2 is 0.676 bits per heavy atom. The third kappa shape index (κ3) is 29.2. The van der Waals surface area contributed by atoms with Gasteiger partial charge >= 0.3 is 41.8 Å². The van der Waals surface area contributed by atoms with Crippen LogP contribution >= 0.6 is 0 Å². The van der Waals surface area contributed by atoms with Crippen LogP contribution in [-0.4, -0.2) is 94.6 Å². The molecule has 16 heteroatoms. The smallest absolute Gasteiger partial charge is 0.313 e. The standard InChI is InChI=1S/C20H32O3.C19H30O3.C13H24O2.C11H22O2.2C10H20O2.C9H18O2/c1-5-20(3,4)19(21)23-11(2)22-16-10-14-9-15(16)18-13-7-6-12(8-13)17(14)18;1-4-10(2)19(20)22-11(3)21-16-9-14-8-15(16)18-13-6-5-12(7-13)17(14)18;1-4-11(3)12(14)15-13(5-2)9-7-6-8-10-13;1-7-10(3,4)9(12)13-11(5,6)8-2;1-7-10(5,6)8(11)12-9(2,3)4;1-6-8(3)9(11)12-10(4,5)7-2;1-6-7(2)8(10)11-9(3,4)5/h11-18H,5-10H2,1-4H3;10-18H,4-9H2,1-3H3;11H,4-10H2,1-3H3;7-8H2,1-6H3;7H2,1-6H3;8H,6-7H2,1-5H3;7H,6H2,1-5H3. The van der Waals surface area contributed by atoms with Crippen LogP contribution in [0.5, 0.6) is 0 Å². The second kappa shape index (κ2) is 42.5. The van der Waals surface area contributed by atoms with Gasteiger partial charge in [0.05, 0.1) is 52.1 Å². The first-order chi connectivity index (χ1) is 49.8. The molecule has 0 aromatic heterocycles. The van der Waals surface area contributed by atoms with E-state index in [-0.39, 0.29) is 111 Å². The van der Waals surface area contributed by atoms with Crippen molar-refractivity contribution >= 4 is 41.8 Å². The monoisotopic (exact) mass is 1530 g/mol. The summed E-state index contributed by atoms with van der Waals surface area (Å²) < 4.78 is 50.3. The first-order valence-electron chi connectivity index (χ1n) is 43.7. The molecular weight excluding hydrogens is 1360 g/mol. The van der Waals surface area contributed by atoms with Gasteiger partial charge in [0.1, 0.15) is 28.0 Å². The average Bonchev–Trinajstić information content (AvgIpc) is 1.56. The van der Waals surface area contributed by atoms with E-state index in [4.69, 9.17) is 42.6 Å². The molecule has 9 aliphatic rings. The van der Waals surface area contributed by atoms with Crippen molar-refractivity contribution in [1.29, 1.82) is 0 Å². The van der Waals surface area contributed by atoms with Crippen LogP contribution in [0.1, 0.15) is 382 Å². The predicted molar refractivity (Wildman–Crippen MR) is 434 cm³/mol. The Bertz CT molecular complexity index is 2760. The molecule has 8 bridgehead atoms. The Labute approximate surface area is 660 Å². The zero-order valence-corrected chi connectivity index (χ0v) is 75.3. The minimum atomic E-state index is -0.415. The summed E-state index contributed by atoms with van der Waals surface area (Å²) in [5.74, 6) is 10.6. The highest BCUT2D eigenvalue weighted by atomic mass is 16.7. The van der Waals surface area contributed by atoms with Crippen LogP contribution in [0.4, 0.5) is 0 Å². The third-order valence-electron chi connectivity index (χ3n) is 27.0. The van der Waals surface area contributed by atoms with Crippen LogP contribution < -0.4 is 0 Å². The van der Waals surface area contributed by atoms with Gasteiger partial charge in [0.2, 0.25) is 0 Å². The largest absolute Gasteiger partial charge is 0.460 e.